The van der Waals surface area contributed by atoms with Crippen LogP contribution in [0.2, 0.25) is 0 Å². The maximum atomic E-state index is 12.8. The molecule has 2 aromatic carbocycles. The molecule has 0 spiro atoms. The molecule has 7 nitrogen and oxygen atoms in total. The average Bonchev–Trinajstić information content (AvgIpc) is 3.39. The first kappa shape index (κ1) is 21.6. The molecule has 0 radical (unpaired) electrons. The molecule has 1 N–H and O–H groups in total. The summed E-state index contributed by atoms with van der Waals surface area (Å²) in [4.78, 5) is 12.6. The fourth-order valence-corrected chi connectivity index (χ4v) is 5.85. The van der Waals surface area contributed by atoms with Crippen molar-refractivity contribution in [1.29, 1.82) is 0 Å². The van der Waals surface area contributed by atoms with E-state index in [1.165, 1.54) is 9.87 Å². The third-order valence-electron chi connectivity index (χ3n) is 5.17. The van der Waals surface area contributed by atoms with E-state index in [2.05, 4.69) is 38.6 Å². The van der Waals surface area contributed by atoms with Crippen LogP contribution in [0.5, 0.6) is 0 Å². The van der Waals surface area contributed by atoms with Gasteiger partial charge in [0.05, 0.1) is 27.4 Å². The summed E-state index contributed by atoms with van der Waals surface area (Å²) in [6.45, 7) is 6.63. The van der Waals surface area contributed by atoms with E-state index >= 15 is 0 Å². The minimum Gasteiger partial charge on any atom is -0.341 e. The summed E-state index contributed by atoms with van der Waals surface area (Å²) < 4.78 is 29.1. The molecule has 162 valence electrons. The van der Waals surface area contributed by atoms with Gasteiger partial charge in [-0.1, -0.05) is 43.8 Å². The third kappa shape index (κ3) is 4.26. The largest absolute Gasteiger partial charge is 0.341 e. The van der Waals surface area contributed by atoms with Crippen molar-refractivity contribution in [3.8, 4) is 5.69 Å². The number of nitrogens with zero attached hydrogens (tertiary/aromatic N) is 4. The Kier molecular flexibility index (Phi) is 6.17. The van der Waals surface area contributed by atoms with Gasteiger partial charge in [-0.15, -0.1) is 0 Å². The van der Waals surface area contributed by atoms with E-state index in [0.29, 0.717) is 24.4 Å². The Morgan fingerprint density at radius 1 is 1.13 bits per heavy atom. The number of para-hydroxylation sites is 1. The Morgan fingerprint density at radius 2 is 1.90 bits per heavy atom. The van der Waals surface area contributed by atoms with Crippen LogP contribution in [-0.4, -0.2) is 45.3 Å². The molecule has 4 aromatic rings. The number of hydrogen-bond acceptors (Lipinski definition) is 5. The maximum absolute atomic E-state index is 12.8. The normalized spacial score (nSPS) is 12.1. The first-order valence-corrected chi connectivity index (χ1v) is 12.6. The molecule has 0 aliphatic carbocycles. The number of sulfonamides is 1. The van der Waals surface area contributed by atoms with Crippen molar-refractivity contribution in [2.75, 3.05) is 13.1 Å². The molecule has 2 aromatic heterocycles. The van der Waals surface area contributed by atoms with Gasteiger partial charge in [0.15, 0.2) is 5.16 Å². The maximum Gasteiger partial charge on any atom is 0.243 e. The Hall–Kier alpha value is -2.62. The van der Waals surface area contributed by atoms with Crippen molar-refractivity contribution in [2.45, 2.75) is 36.6 Å². The Bertz CT molecular complexity index is 1310. The number of benzene rings is 2. The van der Waals surface area contributed by atoms with Crippen LogP contribution < -0.4 is 0 Å². The summed E-state index contributed by atoms with van der Waals surface area (Å²) in [6, 6.07) is 13.2. The first-order valence-electron chi connectivity index (χ1n) is 10.1. The molecule has 0 saturated carbocycles. The molecule has 4 rings (SSSR count). The smallest absolute Gasteiger partial charge is 0.243 e. The number of hydrogen-bond donors (Lipinski definition) is 1. The van der Waals surface area contributed by atoms with Crippen molar-refractivity contribution in [3.05, 3.63) is 66.2 Å². The summed E-state index contributed by atoms with van der Waals surface area (Å²) in [7, 11) is -3.50. The van der Waals surface area contributed by atoms with Crippen LogP contribution in [0.15, 0.2) is 64.9 Å². The topological polar surface area (TPSA) is 83.9 Å². The highest BCUT2D eigenvalue weighted by molar-refractivity contribution is 7.98. The fraction of sp³-hybridized carbons (Fsp3) is 0.273. The highest BCUT2D eigenvalue weighted by Gasteiger charge is 2.22. The summed E-state index contributed by atoms with van der Waals surface area (Å²) in [5.74, 6) is 1.37. The molecular formula is C22H25N5O2S2. The lowest BCUT2D eigenvalue weighted by Crippen LogP contribution is -2.30. The van der Waals surface area contributed by atoms with E-state index in [1.807, 2.05) is 32.2 Å². The predicted octanol–water partition coefficient (Wildman–Crippen LogP) is 4.38. The Morgan fingerprint density at radius 3 is 2.65 bits per heavy atom. The fourth-order valence-electron chi connectivity index (χ4n) is 3.53. The second kappa shape index (κ2) is 8.86. The van der Waals surface area contributed by atoms with E-state index in [-0.39, 0.29) is 4.90 Å². The SMILES string of the molecule is CCN(CC)S(=O)(=O)c1ccc2nc(CSc3nccn3-c3ccccc3C)[nH]c2c1. The lowest BCUT2D eigenvalue weighted by Gasteiger charge is -2.18. The van der Waals surface area contributed by atoms with Crippen LogP contribution in [0.3, 0.4) is 0 Å². The van der Waals surface area contributed by atoms with Gasteiger partial charge in [-0.3, -0.25) is 4.57 Å². The van der Waals surface area contributed by atoms with Gasteiger partial charge in [-0.25, -0.2) is 18.4 Å². The summed E-state index contributed by atoms with van der Waals surface area (Å²) >= 11 is 1.58. The number of aryl methyl sites for hydroxylation is 1. The quantitative estimate of drug-likeness (QED) is 0.399. The number of aromatic nitrogens is 4. The number of fused-ring (bicyclic) bond motifs is 1. The van der Waals surface area contributed by atoms with Crippen molar-refractivity contribution >= 4 is 32.8 Å². The van der Waals surface area contributed by atoms with Crippen LogP contribution >= 0.6 is 11.8 Å². The van der Waals surface area contributed by atoms with Gasteiger partial charge in [0.1, 0.15) is 5.82 Å². The van der Waals surface area contributed by atoms with E-state index in [0.717, 1.165) is 22.2 Å². The molecule has 0 atom stereocenters. The highest BCUT2D eigenvalue weighted by Crippen LogP contribution is 2.26. The molecule has 0 aliphatic heterocycles. The second-order valence-electron chi connectivity index (χ2n) is 7.11. The van der Waals surface area contributed by atoms with Gasteiger partial charge in [-0.05, 0) is 36.8 Å². The third-order valence-corrected chi connectivity index (χ3v) is 8.19. The number of nitrogens with one attached hydrogen (secondary N) is 1. The Labute approximate surface area is 186 Å². The van der Waals surface area contributed by atoms with Crippen molar-refractivity contribution < 1.29 is 8.42 Å². The van der Waals surface area contributed by atoms with Crippen molar-refractivity contribution in [1.82, 2.24) is 23.8 Å². The van der Waals surface area contributed by atoms with Crippen LogP contribution in [0.4, 0.5) is 0 Å². The molecule has 0 fully saturated rings. The molecule has 9 heteroatoms. The van der Waals surface area contributed by atoms with Gasteiger partial charge < -0.3 is 4.98 Å². The van der Waals surface area contributed by atoms with Gasteiger partial charge in [0.25, 0.3) is 0 Å². The second-order valence-corrected chi connectivity index (χ2v) is 9.99. The van der Waals surface area contributed by atoms with Gasteiger partial charge in [-0.2, -0.15) is 4.31 Å². The van der Waals surface area contributed by atoms with Crippen molar-refractivity contribution in [2.24, 2.45) is 0 Å². The molecule has 2 heterocycles. The summed E-state index contributed by atoms with van der Waals surface area (Å²) in [5.41, 5.74) is 3.73. The molecule has 0 unspecified atom stereocenters. The van der Waals surface area contributed by atoms with E-state index in [4.69, 9.17) is 0 Å². The van der Waals surface area contributed by atoms with E-state index < -0.39 is 10.0 Å². The van der Waals surface area contributed by atoms with E-state index in [9.17, 15) is 8.42 Å². The molecular weight excluding hydrogens is 430 g/mol. The van der Waals surface area contributed by atoms with Crippen LogP contribution in [0.1, 0.15) is 25.2 Å². The molecule has 31 heavy (non-hydrogen) atoms. The lowest BCUT2D eigenvalue weighted by atomic mass is 10.2. The lowest BCUT2D eigenvalue weighted by molar-refractivity contribution is 0.445. The first-order chi connectivity index (χ1) is 14.9. The molecule has 0 bridgehead atoms. The summed E-state index contributed by atoms with van der Waals surface area (Å²) in [5, 5.41) is 0.875. The molecule has 0 amide bonds. The zero-order valence-corrected chi connectivity index (χ0v) is 19.4. The van der Waals surface area contributed by atoms with E-state index in [1.54, 1.807) is 36.2 Å². The van der Waals surface area contributed by atoms with Crippen LogP contribution in [-0.2, 0) is 15.8 Å². The highest BCUT2D eigenvalue weighted by atomic mass is 32.2. The monoisotopic (exact) mass is 455 g/mol. The number of rotatable bonds is 8. The Balaban J connectivity index is 1.56. The van der Waals surface area contributed by atoms with Gasteiger partial charge in [0, 0.05) is 25.5 Å². The molecule has 0 aliphatic rings. The average molecular weight is 456 g/mol. The molecule has 0 saturated heterocycles. The number of imidazole rings is 2. The number of H-pyrrole nitrogens is 1. The number of thioether (sulfide) groups is 1. The predicted molar refractivity (Wildman–Crippen MR) is 124 cm³/mol. The number of aromatic amines is 1. The zero-order valence-electron chi connectivity index (χ0n) is 17.7. The van der Waals surface area contributed by atoms with Gasteiger partial charge in [0.2, 0.25) is 10.0 Å². The standard InChI is InChI=1S/C22H25N5O2S2/c1-4-26(5-2)31(28,29)17-10-11-18-19(14-17)25-21(24-18)15-30-22-23-12-13-27(22)20-9-7-6-8-16(20)3/h6-14H,4-5,15H2,1-3H3,(H,24,25). The van der Waals surface area contributed by atoms with Crippen LogP contribution in [0, 0.1) is 6.92 Å². The van der Waals surface area contributed by atoms with Crippen LogP contribution in [0.25, 0.3) is 16.7 Å². The van der Waals surface area contributed by atoms with Gasteiger partial charge >= 0.3 is 0 Å². The summed E-state index contributed by atoms with van der Waals surface area (Å²) in [6.07, 6.45) is 3.74. The van der Waals surface area contributed by atoms with Crippen molar-refractivity contribution in [3.63, 3.8) is 0 Å². The minimum absolute atomic E-state index is 0.279. The zero-order chi connectivity index (χ0) is 22.0. The minimum atomic E-state index is -3.50.